The van der Waals surface area contributed by atoms with E-state index in [-0.39, 0.29) is 18.3 Å². The van der Waals surface area contributed by atoms with Crippen molar-refractivity contribution < 1.29 is 9.47 Å². The highest BCUT2D eigenvalue weighted by Gasteiger charge is 2.26. The van der Waals surface area contributed by atoms with Gasteiger partial charge in [-0.2, -0.15) is 4.98 Å². The van der Waals surface area contributed by atoms with E-state index in [1.54, 1.807) is 12.3 Å². The Morgan fingerprint density at radius 2 is 2.06 bits per heavy atom. The molecule has 2 unspecified atom stereocenters. The minimum absolute atomic E-state index is 0.112. The van der Waals surface area contributed by atoms with Gasteiger partial charge in [-0.3, -0.25) is 0 Å². The Bertz CT molecular complexity index is 349. The molecule has 1 saturated heterocycles. The molecule has 0 radical (unpaired) electrons. The van der Waals surface area contributed by atoms with Crippen LogP contribution in [0.15, 0.2) is 12.3 Å². The summed E-state index contributed by atoms with van der Waals surface area (Å²) in [4.78, 5) is 8.05. The van der Waals surface area contributed by atoms with E-state index in [2.05, 4.69) is 9.97 Å². The lowest BCUT2D eigenvalue weighted by molar-refractivity contribution is -0.0738. The maximum atomic E-state index is 5.69. The van der Waals surface area contributed by atoms with E-state index >= 15 is 0 Å². The average Bonchev–Trinajstić information content (AvgIpc) is 2.15. The Kier molecular flexibility index (Phi) is 3.24. The average molecular weight is 223 g/mol. The summed E-state index contributed by atoms with van der Waals surface area (Å²) in [6, 6.07) is 1.99. The van der Waals surface area contributed by atoms with Crippen molar-refractivity contribution in [2.24, 2.45) is 0 Å². The second kappa shape index (κ2) is 4.65. The molecule has 0 aliphatic carbocycles. The van der Waals surface area contributed by atoms with Gasteiger partial charge in [0.2, 0.25) is 0 Å². The highest BCUT2D eigenvalue weighted by Crippen LogP contribution is 2.22. The molecule has 2 heterocycles. The first-order chi connectivity index (χ1) is 7.63. The topological polar surface area (TPSA) is 70.3 Å². The summed E-state index contributed by atoms with van der Waals surface area (Å²) in [6.45, 7) is 4.10. The fourth-order valence-corrected chi connectivity index (χ4v) is 2.00. The van der Waals surface area contributed by atoms with Gasteiger partial charge in [0.25, 0.3) is 0 Å². The lowest BCUT2D eigenvalue weighted by Gasteiger charge is -2.31. The summed E-state index contributed by atoms with van der Waals surface area (Å²) in [7, 11) is 0. The third kappa shape index (κ3) is 2.82. The standard InChI is InChI=1S/C11H17N3O2/c1-7-5-9(6-8(2)15-7)16-11-13-4-3-10(12)14-11/h3-4,7-9H,5-6H2,1-2H3,(H2,12,13,14). The quantitative estimate of drug-likeness (QED) is 0.820. The van der Waals surface area contributed by atoms with Crippen molar-refractivity contribution in [1.29, 1.82) is 0 Å². The van der Waals surface area contributed by atoms with Crippen LogP contribution in [0.25, 0.3) is 0 Å². The van der Waals surface area contributed by atoms with Gasteiger partial charge in [0, 0.05) is 19.0 Å². The van der Waals surface area contributed by atoms with Crippen LogP contribution in [-0.4, -0.2) is 28.3 Å². The molecule has 1 fully saturated rings. The number of nitrogen functional groups attached to an aromatic ring is 1. The molecule has 0 saturated carbocycles. The smallest absolute Gasteiger partial charge is 0.318 e. The molecule has 88 valence electrons. The van der Waals surface area contributed by atoms with E-state index < -0.39 is 0 Å². The molecular formula is C11H17N3O2. The van der Waals surface area contributed by atoms with Crippen LogP contribution >= 0.6 is 0 Å². The zero-order valence-electron chi connectivity index (χ0n) is 9.59. The highest BCUT2D eigenvalue weighted by atomic mass is 16.5. The summed E-state index contributed by atoms with van der Waals surface area (Å²) < 4.78 is 11.3. The van der Waals surface area contributed by atoms with Crippen molar-refractivity contribution in [3.05, 3.63) is 12.3 Å². The largest absolute Gasteiger partial charge is 0.460 e. The van der Waals surface area contributed by atoms with Crippen molar-refractivity contribution in [1.82, 2.24) is 9.97 Å². The Labute approximate surface area is 95.0 Å². The molecule has 16 heavy (non-hydrogen) atoms. The molecule has 5 nitrogen and oxygen atoms in total. The van der Waals surface area contributed by atoms with Crippen molar-refractivity contribution in [3.8, 4) is 6.01 Å². The molecule has 0 bridgehead atoms. The number of hydrogen-bond acceptors (Lipinski definition) is 5. The fraction of sp³-hybridized carbons (Fsp3) is 0.636. The van der Waals surface area contributed by atoms with Gasteiger partial charge in [0.15, 0.2) is 0 Å². The third-order valence-electron chi connectivity index (χ3n) is 2.58. The number of nitrogens with two attached hydrogens (primary N) is 1. The first-order valence-corrected chi connectivity index (χ1v) is 5.54. The van der Waals surface area contributed by atoms with Crippen molar-refractivity contribution >= 4 is 5.82 Å². The molecule has 1 aliphatic rings. The van der Waals surface area contributed by atoms with Gasteiger partial charge >= 0.3 is 6.01 Å². The van der Waals surface area contributed by atoms with Crippen LogP contribution < -0.4 is 10.5 Å². The summed E-state index contributed by atoms with van der Waals surface area (Å²) in [5.74, 6) is 0.429. The minimum Gasteiger partial charge on any atom is -0.460 e. The maximum Gasteiger partial charge on any atom is 0.318 e. The van der Waals surface area contributed by atoms with Gasteiger partial charge in [0.1, 0.15) is 11.9 Å². The summed E-state index contributed by atoms with van der Waals surface area (Å²) in [6.07, 6.45) is 3.87. The van der Waals surface area contributed by atoms with E-state index in [4.69, 9.17) is 15.2 Å². The second-order valence-corrected chi connectivity index (χ2v) is 4.23. The van der Waals surface area contributed by atoms with E-state index in [1.165, 1.54) is 0 Å². The zero-order chi connectivity index (χ0) is 11.5. The summed E-state index contributed by atoms with van der Waals surface area (Å²) in [5.41, 5.74) is 5.56. The van der Waals surface area contributed by atoms with Crippen LogP contribution in [0.5, 0.6) is 6.01 Å². The summed E-state index contributed by atoms with van der Waals surface area (Å²) >= 11 is 0. The van der Waals surface area contributed by atoms with Crippen LogP contribution in [-0.2, 0) is 4.74 Å². The van der Waals surface area contributed by atoms with Gasteiger partial charge in [-0.1, -0.05) is 0 Å². The number of nitrogens with zero attached hydrogens (tertiary/aromatic N) is 2. The predicted molar refractivity (Wildman–Crippen MR) is 60.1 cm³/mol. The van der Waals surface area contributed by atoms with Crippen LogP contribution in [0.3, 0.4) is 0 Å². The van der Waals surface area contributed by atoms with Gasteiger partial charge in [-0.05, 0) is 19.9 Å². The molecule has 0 amide bonds. The normalized spacial score (nSPS) is 30.0. The van der Waals surface area contributed by atoms with Gasteiger partial charge in [-0.15, -0.1) is 0 Å². The molecular weight excluding hydrogens is 206 g/mol. The lowest BCUT2D eigenvalue weighted by atomic mass is 10.0. The number of rotatable bonds is 2. The fourth-order valence-electron chi connectivity index (χ4n) is 2.00. The molecule has 1 aliphatic heterocycles. The Balaban J connectivity index is 1.98. The first kappa shape index (κ1) is 11.1. The van der Waals surface area contributed by atoms with Crippen LogP contribution in [0.2, 0.25) is 0 Å². The lowest BCUT2D eigenvalue weighted by Crippen LogP contribution is -2.36. The number of hydrogen-bond donors (Lipinski definition) is 1. The zero-order valence-corrected chi connectivity index (χ0v) is 9.59. The predicted octanol–water partition coefficient (Wildman–Crippen LogP) is 1.39. The van der Waals surface area contributed by atoms with E-state index in [9.17, 15) is 0 Å². The van der Waals surface area contributed by atoms with E-state index in [0.717, 1.165) is 12.8 Å². The third-order valence-corrected chi connectivity index (χ3v) is 2.58. The number of anilines is 1. The van der Waals surface area contributed by atoms with Gasteiger partial charge in [-0.25, -0.2) is 4.98 Å². The Morgan fingerprint density at radius 3 is 2.69 bits per heavy atom. The number of aromatic nitrogens is 2. The number of ether oxygens (including phenoxy) is 2. The SMILES string of the molecule is CC1CC(Oc2nccc(N)n2)CC(C)O1. The van der Waals surface area contributed by atoms with Gasteiger partial charge in [0.05, 0.1) is 12.2 Å². The first-order valence-electron chi connectivity index (χ1n) is 5.54. The molecule has 2 rings (SSSR count). The molecule has 1 aromatic heterocycles. The van der Waals surface area contributed by atoms with Crippen LogP contribution in [0.1, 0.15) is 26.7 Å². The monoisotopic (exact) mass is 223 g/mol. The molecule has 0 aromatic carbocycles. The highest BCUT2D eigenvalue weighted by molar-refractivity contribution is 5.26. The molecule has 0 spiro atoms. The van der Waals surface area contributed by atoms with Crippen molar-refractivity contribution in [3.63, 3.8) is 0 Å². The minimum atomic E-state index is 0.112. The molecule has 5 heteroatoms. The van der Waals surface area contributed by atoms with E-state index in [1.807, 2.05) is 13.8 Å². The Morgan fingerprint density at radius 1 is 1.38 bits per heavy atom. The second-order valence-electron chi connectivity index (χ2n) is 4.23. The van der Waals surface area contributed by atoms with E-state index in [0.29, 0.717) is 11.8 Å². The van der Waals surface area contributed by atoms with Gasteiger partial charge < -0.3 is 15.2 Å². The van der Waals surface area contributed by atoms with Crippen LogP contribution in [0.4, 0.5) is 5.82 Å². The molecule has 2 N–H and O–H groups in total. The van der Waals surface area contributed by atoms with Crippen LogP contribution in [0, 0.1) is 0 Å². The Hall–Kier alpha value is -1.36. The van der Waals surface area contributed by atoms with Crippen molar-refractivity contribution in [2.75, 3.05) is 5.73 Å². The van der Waals surface area contributed by atoms with Crippen molar-refractivity contribution in [2.45, 2.75) is 45.0 Å². The molecule has 2 atom stereocenters. The summed E-state index contributed by atoms with van der Waals surface area (Å²) in [5, 5.41) is 0. The molecule has 1 aromatic rings. The maximum absolute atomic E-state index is 5.69.